The zero-order chi connectivity index (χ0) is 32.6. The molecule has 1 saturated heterocycles. The normalized spacial score (nSPS) is 17.3. The summed E-state index contributed by atoms with van der Waals surface area (Å²) in [7, 11) is 1.63. The number of anilines is 1. The van der Waals surface area contributed by atoms with Gasteiger partial charge in [0.05, 0.1) is 21.7 Å². The third kappa shape index (κ3) is 6.47. The maximum Gasteiger partial charge on any atom is 0.414 e. The number of halogens is 3. The smallest absolute Gasteiger partial charge is 0.414 e. The van der Waals surface area contributed by atoms with Gasteiger partial charge < -0.3 is 19.5 Å². The quantitative estimate of drug-likeness (QED) is 0.212. The Hall–Kier alpha value is -3.99. The molecule has 2 aliphatic heterocycles. The standard InChI is InChI=1S/C34H34Cl2FN5O4/c1-20(42-14-12-34(13-15-42)27-18-25(37)9-11-30(27)41(3)33(44)45-34)16-26(24-8-10-28(35)29(36)17-24)32(43)38-19-22-4-6-23(7-5-22)31-39-21(2)46-40-31/h4-11,17-18,20,26H,12-16,19H2,1-3H3,(H,38,43). The van der Waals surface area contributed by atoms with Crippen LogP contribution in [0.1, 0.15) is 54.7 Å². The van der Waals surface area contributed by atoms with Crippen LogP contribution in [0.15, 0.2) is 65.2 Å². The van der Waals surface area contributed by atoms with Crippen LogP contribution in [0.3, 0.4) is 0 Å². The first-order valence-electron chi connectivity index (χ1n) is 15.2. The molecule has 6 rings (SSSR count). The minimum absolute atomic E-state index is 0.00537. The summed E-state index contributed by atoms with van der Waals surface area (Å²) in [6.45, 7) is 5.37. The molecule has 0 radical (unpaired) electrons. The molecule has 0 aliphatic carbocycles. The first-order valence-corrected chi connectivity index (χ1v) is 15.9. The van der Waals surface area contributed by atoms with Crippen LogP contribution in [0.2, 0.25) is 10.0 Å². The molecule has 1 spiro atoms. The van der Waals surface area contributed by atoms with Crippen molar-refractivity contribution < 1.29 is 23.2 Å². The summed E-state index contributed by atoms with van der Waals surface area (Å²) in [6, 6.07) is 17.4. The summed E-state index contributed by atoms with van der Waals surface area (Å²) in [5, 5.41) is 7.84. The Kier molecular flexibility index (Phi) is 9.05. The number of fused-ring (bicyclic) bond motifs is 2. The number of rotatable bonds is 8. The number of aromatic nitrogens is 2. The van der Waals surface area contributed by atoms with Gasteiger partial charge in [0.15, 0.2) is 0 Å². The van der Waals surface area contributed by atoms with Crippen LogP contribution in [0.4, 0.5) is 14.9 Å². The maximum absolute atomic E-state index is 14.3. The Morgan fingerprint density at radius 3 is 2.48 bits per heavy atom. The minimum atomic E-state index is -0.893. The van der Waals surface area contributed by atoms with E-state index >= 15 is 0 Å². The molecule has 1 N–H and O–H groups in total. The summed E-state index contributed by atoms with van der Waals surface area (Å²) in [5.74, 6) is -0.00287. The Morgan fingerprint density at radius 2 is 1.80 bits per heavy atom. The van der Waals surface area contributed by atoms with Crippen LogP contribution in [0, 0.1) is 12.7 Å². The summed E-state index contributed by atoms with van der Waals surface area (Å²) in [5.41, 5.74) is 2.97. The molecule has 3 aromatic carbocycles. The highest BCUT2D eigenvalue weighted by molar-refractivity contribution is 6.42. The third-order valence-corrected chi connectivity index (χ3v) is 9.78. The Balaban J connectivity index is 1.15. The van der Waals surface area contributed by atoms with Crippen molar-refractivity contribution in [3.63, 3.8) is 0 Å². The second kappa shape index (κ2) is 13.0. The maximum atomic E-state index is 14.3. The van der Waals surface area contributed by atoms with Gasteiger partial charge in [-0.15, -0.1) is 0 Å². The average molecular weight is 667 g/mol. The van der Waals surface area contributed by atoms with Crippen molar-refractivity contribution >= 4 is 40.9 Å². The van der Waals surface area contributed by atoms with E-state index in [-0.39, 0.29) is 17.8 Å². The fourth-order valence-corrected chi connectivity index (χ4v) is 6.67. The fraction of sp³-hybridized carbons (Fsp3) is 0.353. The predicted octanol–water partition coefficient (Wildman–Crippen LogP) is 7.25. The van der Waals surface area contributed by atoms with Crippen LogP contribution in [-0.2, 0) is 21.7 Å². The number of benzene rings is 3. The van der Waals surface area contributed by atoms with Crippen molar-refractivity contribution in [2.75, 3.05) is 25.0 Å². The van der Waals surface area contributed by atoms with Gasteiger partial charge >= 0.3 is 6.09 Å². The lowest BCUT2D eigenvalue weighted by Crippen LogP contribution is -2.52. The molecule has 12 heteroatoms. The average Bonchev–Trinajstić information content (AvgIpc) is 3.49. The van der Waals surface area contributed by atoms with Crippen LogP contribution in [0.25, 0.3) is 11.4 Å². The van der Waals surface area contributed by atoms with Crippen molar-refractivity contribution in [2.45, 2.75) is 57.2 Å². The molecule has 46 heavy (non-hydrogen) atoms. The molecule has 9 nitrogen and oxygen atoms in total. The highest BCUT2D eigenvalue weighted by Gasteiger charge is 2.47. The molecule has 2 amide bonds. The molecule has 2 atom stereocenters. The molecule has 0 bridgehead atoms. The van der Waals surface area contributed by atoms with Crippen LogP contribution in [-0.4, -0.2) is 53.2 Å². The van der Waals surface area contributed by atoms with E-state index in [1.54, 1.807) is 32.2 Å². The summed E-state index contributed by atoms with van der Waals surface area (Å²) in [4.78, 5) is 34.4. The molecule has 1 aromatic heterocycles. The second-order valence-electron chi connectivity index (χ2n) is 12.0. The molecule has 240 valence electrons. The van der Waals surface area contributed by atoms with Crippen LogP contribution >= 0.6 is 23.2 Å². The number of ether oxygens (including phenoxy) is 1. The van der Waals surface area contributed by atoms with E-state index in [9.17, 15) is 14.0 Å². The highest BCUT2D eigenvalue weighted by atomic mass is 35.5. The Bertz CT molecular complexity index is 1760. The van der Waals surface area contributed by atoms with Gasteiger partial charge in [-0.3, -0.25) is 9.69 Å². The van der Waals surface area contributed by atoms with E-state index in [4.69, 9.17) is 32.5 Å². The van der Waals surface area contributed by atoms with Crippen molar-refractivity contribution in [1.82, 2.24) is 20.4 Å². The number of amides is 2. The van der Waals surface area contributed by atoms with Gasteiger partial charge in [-0.1, -0.05) is 58.7 Å². The van der Waals surface area contributed by atoms with Gasteiger partial charge in [0.2, 0.25) is 17.6 Å². The van der Waals surface area contributed by atoms with E-state index in [0.717, 1.165) is 16.7 Å². The summed E-state index contributed by atoms with van der Waals surface area (Å²) in [6.07, 6.45) is 1.09. The topological polar surface area (TPSA) is 101 Å². The zero-order valence-corrected chi connectivity index (χ0v) is 27.2. The number of piperidine rings is 1. The zero-order valence-electron chi connectivity index (χ0n) is 25.7. The number of hydrogen-bond acceptors (Lipinski definition) is 7. The number of aryl methyl sites for hydroxylation is 1. The largest absolute Gasteiger partial charge is 0.437 e. The first kappa shape index (κ1) is 32.0. The number of nitrogens with zero attached hydrogens (tertiary/aromatic N) is 4. The lowest BCUT2D eigenvalue weighted by molar-refractivity contribution is -0.123. The van der Waals surface area contributed by atoms with Gasteiger partial charge in [-0.25, -0.2) is 9.18 Å². The minimum Gasteiger partial charge on any atom is -0.437 e. The lowest BCUT2D eigenvalue weighted by Gasteiger charge is -2.47. The molecule has 3 heterocycles. The van der Waals surface area contributed by atoms with Crippen molar-refractivity contribution in [2.24, 2.45) is 0 Å². The lowest BCUT2D eigenvalue weighted by atomic mass is 9.81. The van der Waals surface area contributed by atoms with Gasteiger partial charge in [0.1, 0.15) is 11.4 Å². The van der Waals surface area contributed by atoms with Crippen molar-refractivity contribution in [3.8, 4) is 11.4 Å². The SMILES string of the molecule is Cc1nc(-c2ccc(CNC(=O)C(CC(C)N3CCC4(CC3)OC(=O)N(C)c3ccc(F)cc34)c3ccc(Cl)c(Cl)c3)cc2)no1. The molecule has 2 aliphatic rings. The van der Waals surface area contributed by atoms with Gasteiger partial charge in [-0.05, 0) is 54.8 Å². The number of carbonyl (C=O) groups is 2. The summed E-state index contributed by atoms with van der Waals surface area (Å²) >= 11 is 12.6. The number of hydrogen-bond donors (Lipinski definition) is 1. The molecule has 0 saturated carbocycles. The Labute approximate surface area is 276 Å². The molecule has 1 fully saturated rings. The van der Waals surface area contributed by atoms with Gasteiger partial charge in [0.25, 0.3) is 0 Å². The van der Waals surface area contributed by atoms with Gasteiger partial charge in [0, 0.05) is 63.6 Å². The fourth-order valence-electron chi connectivity index (χ4n) is 6.37. The van der Waals surface area contributed by atoms with E-state index in [2.05, 4.69) is 27.3 Å². The highest BCUT2D eigenvalue weighted by Crippen LogP contribution is 2.46. The van der Waals surface area contributed by atoms with E-state index in [1.165, 1.54) is 17.0 Å². The van der Waals surface area contributed by atoms with Crippen molar-refractivity contribution in [3.05, 3.63) is 99.1 Å². The molecular formula is C34H34Cl2FN5O4. The molecule has 2 unspecified atom stereocenters. The third-order valence-electron chi connectivity index (χ3n) is 9.04. The van der Waals surface area contributed by atoms with Crippen molar-refractivity contribution in [1.29, 1.82) is 0 Å². The predicted molar refractivity (Wildman–Crippen MR) is 173 cm³/mol. The second-order valence-corrected chi connectivity index (χ2v) is 12.8. The van der Waals surface area contributed by atoms with Gasteiger partial charge in [-0.2, -0.15) is 4.98 Å². The van der Waals surface area contributed by atoms with Crippen LogP contribution in [0.5, 0.6) is 0 Å². The number of likely N-dealkylation sites (tertiary alicyclic amines) is 1. The van der Waals surface area contributed by atoms with Crippen LogP contribution < -0.4 is 10.2 Å². The molecule has 4 aromatic rings. The Morgan fingerprint density at radius 1 is 1.07 bits per heavy atom. The van der Waals surface area contributed by atoms with E-state index in [1.807, 2.05) is 30.3 Å². The monoisotopic (exact) mass is 665 g/mol. The summed E-state index contributed by atoms with van der Waals surface area (Å²) < 4.78 is 25.3. The number of carbonyl (C=O) groups excluding carboxylic acids is 2. The van der Waals surface area contributed by atoms with E-state index in [0.29, 0.717) is 71.9 Å². The molecular weight excluding hydrogens is 632 g/mol. The number of nitrogens with one attached hydrogen (secondary N) is 1. The first-order chi connectivity index (χ1) is 22.0. The van der Waals surface area contributed by atoms with E-state index < -0.39 is 17.6 Å².